The summed E-state index contributed by atoms with van der Waals surface area (Å²) in [7, 11) is 1.90. The Kier molecular flexibility index (Phi) is 2.33. The number of aliphatic hydroxyl groups is 1. The molecule has 4 heteroatoms. The Morgan fingerprint density at radius 3 is 3.15 bits per heavy atom. The quantitative estimate of drug-likeness (QED) is 0.685. The largest absolute Gasteiger partial charge is 0.385 e. The molecule has 72 valence electrons. The minimum atomic E-state index is -0.421. The van der Waals surface area contributed by atoms with Crippen LogP contribution in [0.25, 0.3) is 0 Å². The van der Waals surface area contributed by atoms with Gasteiger partial charge >= 0.3 is 0 Å². The Bertz CT molecular complexity index is 278. The zero-order chi connectivity index (χ0) is 9.26. The molecule has 0 radical (unpaired) electrons. The third kappa shape index (κ3) is 1.59. The molecule has 4 nitrogen and oxygen atoms in total. The van der Waals surface area contributed by atoms with Gasteiger partial charge in [-0.25, -0.2) is 4.98 Å². The van der Waals surface area contributed by atoms with Crippen LogP contribution in [0.4, 0.5) is 0 Å². The van der Waals surface area contributed by atoms with Crippen LogP contribution >= 0.6 is 0 Å². The molecule has 2 unspecified atom stereocenters. The maximum absolute atomic E-state index is 9.97. The van der Waals surface area contributed by atoms with Crippen LogP contribution in [0.15, 0.2) is 12.5 Å². The van der Waals surface area contributed by atoms with Crippen molar-refractivity contribution in [1.29, 1.82) is 0 Å². The molecule has 0 aromatic carbocycles. The van der Waals surface area contributed by atoms with Gasteiger partial charge in [0, 0.05) is 13.1 Å². The van der Waals surface area contributed by atoms with Crippen molar-refractivity contribution >= 4 is 0 Å². The van der Waals surface area contributed by atoms with Gasteiger partial charge in [-0.05, 0) is 19.4 Å². The van der Waals surface area contributed by atoms with E-state index in [1.807, 2.05) is 11.6 Å². The predicted octanol–water partition coefficient (Wildman–Crippen LogP) is 0.205. The summed E-state index contributed by atoms with van der Waals surface area (Å²) in [6, 6.07) is 0.204. The van der Waals surface area contributed by atoms with Crippen molar-refractivity contribution in [3.05, 3.63) is 18.2 Å². The van der Waals surface area contributed by atoms with E-state index in [0.717, 1.165) is 25.1 Å². The molecule has 1 aromatic heterocycles. The molecule has 0 saturated carbocycles. The van der Waals surface area contributed by atoms with Gasteiger partial charge in [0.2, 0.25) is 0 Å². The van der Waals surface area contributed by atoms with Crippen LogP contribution < -0.4 is 5.32 Å². The summed E-state index contributed by atoms with van der Waals surface area (Å²) in [5.41, 5.74) is 0.888. The fourth-order valence-corrected chi connectivity index (χ4v) is 1.84. The Balaban J connectivity index is 2.12. The van der Waals surface area contributed by atoms with E-state index in [4.69, 9.17) is 0 Å². The smallest absolute Gasteiger partial charge is 0.111 e. The fourth-order valence-electron chi connectivity index (χ4n) is 1.84. The molecule has 2 rings (SSSR count). The van der Waals surface area contributed by atoms with Gasteiger partial charge in [0.05, 0.1) is 18.2 Å². The number of aromatic nitrogens is 2. The van der Waals surface area contributed by atoms with Crippen molar-refractivity contribution in [1.82, 2.24) is 14.9 Å². The van der Waals surface area contributed by atoms with Crippen LogP contribution in [0.5, 0.6) is 0 Å². The summed E-state index contributed by atoms with van der Waals surface area (Å²) >= 11 is 0. The normalized spacial score (nSPS) is 24.9. The van der Waals surface area contributed by atoms with Gasteiger partial charge in [-0.15, -0.1) is 0 Å². The van der Waals surface area contributed by atoms with E-state index in [1.54, 1.807) is 12.5 Å². The first kappa shape index (κ1) is 8.72. The Morgan fingerprint density at radius 1 is 1.77 bits per heavy atom. The summed E-state index contributed by atoms with van der Waals surface area (Å²) in [6.45, 7) is 1.01. The lowest BCUT2D eigenvalue weighted by molar-refractivity contribution is 0.130. The van der Waals surface area contributed by atoms with Gasteiger partial charge in [-0.2, -0.15) is 0 Å². The molecule has 1 aliphatic rings. The second-order valence-electron chi connectivity index (χ2n) is 3.58. The molecule has 0 aliphatic carbocycles. The summed E-state index contributed by atoms with van der Waals surface area (Å²) in [6.07, 6.45) is 5.22. The number of aryl methyl sites for hydroxylation is 1. The van der Waals surface area contributed by atoms with E-state index >= 15 is 0 Å². The molecule has 13 heavy (non-hydrogen) atoms. The van der Waals surface area contributed by atoms with E-state index < -0.39 is 6.10 Å². The van der Waals surface area contributed by atoms with Gasteiger partial charge in [-0.1, -0.05) is 0 Å². The lowest BCUT2D eigenvalue weighted by atomic mass is 10.1. The van der Waals surface area contributed by atoms with Crippen molar-refractivity contribution in [2.24, 2.45) is 7.05 Å². The lowest BCUT2D eigenvalue weighted by Crippen LogP contribution is -2.29. The molecule has 2 N–H and O–H groups in total. The topological polar surface area (TPSA) is 50.1 Å². The molecule has 1 saturated heterocycles. The molecule has 0 spiro atoms. The third-order valence-corrected chi connectivity index (χ3v) is 2.64. The second-order valence-corrected chi connectivity index (χ2v) is 3.58. The number of hydrogen-bond acceptors (Lipinski definition) is 3. The minimum absolute atomic E-state index is 0.204. The van der Waals surface area contributed by atoms with Crippen molar-refractivity contribution < 1.29 is 5.11 Å². The van der Waals surface area contributed by atoms with E-state index in [-0.39, 0.29) is 6.04 Å². The highest BCUT2D eigenvalue weighted by Gasteiger charge is 2.25. The number of nitrogens with zero attached hydrogens (tertiary/aromatic N) is 2. The maximum Gasteiger partial charge on any atom is 0.111 e. The lowest BCUT2D eigenvalue weighted by Gasteiger charge is -2.18. The van der Waals surface area contributed by atoms with Gasteiger partial charge in [0.15, 0.2) is 0 Å². The molecule has 2 heterocycles. The van der Waals surface area contributed by atoms with E-state index in [0.29, 0.717) is 0 Å². The van der Waals surface area contributed by atoms with Crippen molar-refractivity contribution in [2.45, 2.75) is 25.0 Å². The SMILES string of the molecule is Cn1cncc1C(O)C1CCCN1. The van der Waals surface area contributed by atoms with Crippen molar-refractivity contribution in [3.63, 3.8) is 0 Å². The highest BCUT2D eigenvalue weighted by Crippen LogP contribution is 2.21. The molecule has 0 amide bonds. The van der Waals surface area contributed by atoms with Gasteiger partial charge in [0.25, 0.3) is 0 Å². The van der Waals surface area contributed by atoms with Crippen LogP contribution in [0.1, 0.15) is 24.6 Å². The fraction of sp³-hybridized carbons (Fsp3) is 0.667. The summed E-state index contributed by atoms with van der Waals surface area (Å²) in [5.74, 6) is 0. The second kappa shape index (κ2) is 3.47. The molecule has 1 aliphatic heterocycles. The molecular weight excluding hydrogens is 166 g/mol. The molecule has 1 aromatic rings. The average Bonchev–Trinajstić information content (AvgIpc) is 2.72. The summed E-state index contributed by atoms with van der Waals surface area (Å²) in [5, 5.41) is 13.2. The first-order valence-corrected chi connectivity index (χ1v) is 4.66. The van der Waals surface area contributed by atoms with Gasteiger partial charge in [-0.3, -0.25) is 0 Å². The van der Waals surface area contributed by atoms with Crippen LogP contribution in [0, 0.1) is 0 Å². The number of aliphatic hydroxyl groups excluding tert-OH is 1. The summed E-state index contributed by atoms with van der Waals surface area (Å²) in [4.78, 5) is 3.99. The van der Waals surface area contributed by atoms with Crippen LogP contribution in [-0.2, 0) is 7.05 Å². The average molecular weight is 181 g/mol. The first-order chi connectivity index (χ1) is 6.29. The number of hydrogen-bond donors (Lipinski definition) is 2. The summed E-state index contributed by atoms with van der Waals surface area (Å²) < 4.78 is 1.87. The molecule has 2 atom stereocenters. The zero-order valence-corrected chi connectivity index (χ0v) is 7.77. The first-order valence-electron chi connectivity index (χ1n) is 4.66. The predicted molar refractivity (Wildman–Crippen MR) is 49.2 cm³/mol. The Morgan fingerprint density at radius 2 is 2.62 bits per heavy atom. The zero-order valence-electron chi connectivity index (χ0n) is 7.77. The Labute approximate surface area is 77.6 Å². The molecule has 0 bridgehead atoms. The minimum Gasteiger partial charge on any atom is -0.385 e. The number of nitrogens with one attached hydrogen (secondary N) is 1. The number of rotatable bonds is 2. The molecule has 1 fully saturated rings. The van der Waals surface area contributed by atoms with Crippen LogP contribution in [0.3, 0.4) is 0 Å². The van der Waals surface area contributed by atoms with E-state index in [2.05, 4.69) is 10.3 Å². The van der Waals surface area contributed by atoms with Crippen molar-refractivity contribution in [2.75, 3.05) is 6.54 Å². The van der Waals surface area contributed by atoms with Crippen LogP contribution in [0.2, 0.25) is 0 Å². The third-order valence-electron chi connectivity index (χ3n) is 2.64. The van der Waals surface area contributed by atoms with Crippen molar-refractivity contribution in [3.8, 4) is 0 Å². The monoisotopic (exact) mass is 181 g/mol. The molecular formula is C9H15N3O. The maximum atomic E-state index is 9.97. The van der Waals surface area contributed by atoms with Crippen LogP contribution in [-0.4, -0.2) is 27.2 Å². The number of imidazole rings is 1. The Hall–Kier alpha value is -0.870. The van der Waals surface area contributed by atoms with E-state index in [9.17, 15) is 5.11 Å². The highest BCUT2D eigenvalue weighted by atomic mass is 16.3. The standard InChI is InChI=1S/C9H15N3O/c1-12-6-10-5-8(12)9(13)7-3-2-4-11-7/h5-7,9,11,13H,2-4H2,1H3. The van der Waals surface area contributed by atoms with Gasteiger partial charge in [0.1, 0.15) is 6.10 Å². The van der Waals surface area contributed by atoms with E-state index in [1.165, 1.54) is 0 Å². The van der Waals surface area contributed by atoms with Gasteiger partial charge < -0.3 is 15.0 Å². The highest BCUT2D eigenvalue weighted by molar-refractivity contribution is 5.06.